The molecular weight excluding hydrogens is 226 g/mol. The molecule has 4 nitrogen and oxygen atoms in total. The zero-order valence-corrected chi connectivity index (χ0v) is 11.2. The van der Waals surface area contributed by atoms with Crippen molar-refractivity contribution >= 4 is 0 Å². The van der Waals surface area contributed by atoms with Gasteiger partial charge in [0.15, 0.2) is 5.82 Å². The van der Waals surface area contributed by atoms with E-state index in [-0.39, 0.29) is 6.10 Å². The van der Waals surface area contributed by atoms with Crippen molar-refractivity contribution in [3.63, 3.8) is 0 Å². The normalized spacial score (nSPS) is 20.6. The van der Waals surface area contributed by atoms with Crippen LogP contribution in [-0.2, 0) is 17.7 Å². The monoisotopic (exact) mass is 247 g/mol. The minimum atomic E-state index is 0.0442. The Labute approximate surface area is 108 Å². The second-order valence-electron chi connectivity index (χ2n) is 5.23. The molecule has 1 atom stereocenters. The molecule has 98 valence electrons. The molecule has 1 unspecified atom stereocenters. The average molecular weight is 247 g/mol. The smallest absolute Gasteiger partial charge is 0.157 e. The largest absolute Gasteiger partial charge is 0.373 e. The van der Waals surface area contributed by atoms with Crippen LogP contribution in [0.2, 0.25) is 0 Å². The number of fused-ring (bicyclic) bond motifs is 1. The van der Waals surface area contributed by atoms with Gasteiger partial charge in [-0.15, -0.1) is 0 Å². The summed E-state index contributed by atoms with van der Waals surface area (Å²) >= 11 is 0. The lowest BCUT2D eigenvalue weighted by atomic mass is 10.0. The van der Waals surface area contributed by atoms with Crippen LogP contribution in [0.15, 0.2) is 0 Å². The molecule has 1 N–H and O–H groups in total. The molecule has 0 aromatic carbocycles. The molecular formula is C14H21N3O. The molecule has 0 bridgehead atoms. The highest BCUT2D eigenvalue weighted by Crippen LogP contribution is 2.42. The summed E-state index contributed by atoms with van der Waals surface area (Å²) in [6.45, 7) is 4.08. The van der Waals surface area contributed by atoms with E-state index in [0.717, 1.165) is 31.8 Å². The van der Waals surface area contributed by atoms with Crippen molar-refractivity contribution in [1.82, 2.24) is 15.3 Å². The fraction of sp³-hybridized carbons (Fsp3) is 0.714. The predicted molar refractivity (Wildman–Crippen MR) is 69.5 cm³/mol. The summed E-state index contributed by atoms with van der Waals surface area (Å²) in [6, 6.07) is 0. The van der Waals surface area contributed by atoms with Gasteiger partial charge in [0.25, 0.3) is 0 Å². The van der Waals surface area contributed by atoms with Crippen LogP contribution in [0.1, 0.15) is 61.0 Å². The van der Waals surface area contributed by atoms with Crippen LogP contribution in [0.4, 0.5) is 0 Å². The Hall–Kier alpha value is -1.00. The van der Waals surface area contributed by atoms with Crippen molar-refractivity contribution in [2.75, 3.05) is 13.7 Å². The van der Waals surface area contributed by atoms with Gasteiger partial charge >= 0.3 is 0 Å². The molecule has 1 saturated carbocycles. The molecule has 4 heteroatoms. The van der Waals surface area contributed by atoms with Gasteiger partial charge < -0.3 is 10.1 Å². The molecule has 1 aliphatic carbocycles. The van der Waals surface area contributed by atoms with E-state index in [1.54, 1.807) is 7.11 Å². The zero-order valence-electron chi connectivity index (χ0n) is 11.2. The molecule has 1 fully saturated rings. The maximum absolute atomic E-state index is 5.49. The van der Waals surface area contributed by atoms with Gasteiger partial charge in [-0.3, -0.25) is 0 Å². The molecule has 18 heavy (non-hydrogen) atoms. The van der Waals surface area contributed by atoms with Crippen LogP contribution in [0.3, 0.4) is 0 Å². The van der Waals surface area contributed by atoms with E-state index in [1.165, 1.54) is 29.8 Å². The fourth-order valence-electron chi connectivity index (χ4n) is 2.68. The standard InChI is InChI=1S/C14H21N3O/c1-3-12(18-2)14-16-11-6-7-15-8-10(11)13(17-14)9-4-5-9/h9,12,15H,3-8H2,1-2H3. The van der Waals surface area contributed by atoms with E-state index in [1.807, 2.05) is 0 Å². The van der Waals surface area contributed by atoms with E-state index in [4.69, 9.17) is 14.7 Å². The summed E-state index contributed by atoms with van der Waals surface area (Å²) in [5.74, 6) is 1.57. The van der Waals surface area contributed by atoms with E-state index in [0.29, 0.717) is 5.92 Å². The molecule has 1 aromatic rings. The van der Waals surface area contributed by atoms with Gasteiger partial charge in [0.2, 0.25) is 0 Å². The van der Waals surface area contributed by atoms with Crippen LogP contribution >= 0.6 is 0 Å². The summed E-state index contributed by atoms with van der Waals surface area (Å²) in [7, 11) is 1.75. The number of nitrogens with zero attached hydrogens (tertiary/aromatic N) is 2. The summed E-state index contributed by atoms with van der Waals surface area (Å²) in [4.78, 5) is 9.56. The molecule has 2 heterocycles. The zero-order chi connectivity index (χ0) is 12.5. The maximum Gasteiger partial charge on any atom is 0.157 e. The van der Waals surface area contributed by atoms with Crippen molar-refractivity contribution in [3.8, 4) is 0 Å². The number of rotatable bonds is 4. The lowest BCUT2D eigenvalue weighted by Gasteiger charge is -2.22. The number of hydrogen-bond acceptors (Lipinski definition) is 4. The van der Waals surface area contributed by atoms with Crippen molar-refractivity contribution in [1.29, 1.82) is 0 Å². The van der Waals surface area contributed by atoms with Gasteiger partial charge in [0.1, 0.15) is 6.10 Å². The van der Waals surface area contributed by atoms with Crippen molar-refractivity contribution in [2.24, 2.45) is 0 Å². The number of aromatic nitrogens is 2. The second kappa shape index (κ2) is 4.94. The van der Waals surface area contributed by atoms with E-state index >= 15 is 0 Å². The molecule has 0 amide bonds. The molecule has 1 aliphatic heterocycles. The van der Waals surface area contributed by atoms with Gasteiger partial charge in [-0.2, -0.15) is 0 Å². The quantitative estimate of drug-likeness (QED) is 0.885. The highest BCUT2D eigenvalue weighted by Gasteiger charge is 2.31. The topological polar surface area (TPSA) is 47.0 Å². The summed E-state index contributed by atoms with van der Waals surface area (Å²) in [5, 5.41) is 3.43. The van der Waals surface area contributed by atoms with E-state index in [2.05, 4.69) is 12.2 Å². The lowest BCUT2D eigenvalue weighted by Crippen LogP contribution is -2.27. The Balaban J connectivity index is 2.03. The van der Waals surface area contributed by atoms with Crippen LogP contribution in [0, 0.1) is 0 Å². The Bertz CT molecular complexity index is 439. The average Bonchev–Trinajstić information content (AvgIpc) is 3.23. The third-order valence-electron chi connectivity index (χ3n) is 3.89. The number of nitrogens with one attached hydrogen (secondary N) is 1. The fourth-order valence-corrected chi connectivity index (χ4v) is 2.68. The Morgan fingerprint density at radius 2 is 2.22 bits per heavy atom. The highest BCUT2D eigenvalue weighted by atomic mass is 16.5. The first-order valence-corrected chi connectivity index (χ1v) is 6.96. The minimum Gasteiger partial charge on any atom is -0.373 e. The number of ether oxygens (including phenoxy) is 1. The van der Waals surface area contributed by atoms with Gasteiger partial charge in [-0.1, -0.05) is 6.92 Å². The Morgan fingerprint density at radius 3 is 2.89 bits per heavy atom. The molecule has 0 spiro atoms. The van der Waals surface area contributed by atoms with Gasteiger partial charge in [-0.25, -0.2) is 9.97 Å². The van der Waals surface area contributed by atoms with Gasteiger partial charge in [0.05, 0.1) is 11.4 Å². The third-order valence-corrected chi connectivity index (χ3v) is 3.89. The predicted octanol–water partition coefficient (Wildman–Crippen LogP) is 2.10. The van der Waals surface area contributed by atoms with Gasteiger partial charge in [-0.05, 0) is 19.3 Å². The highest BCUT2D eigenvalue weighted by molar-refractivity contribution is 5.33. The second-order valence-corrected chi connectivity index (χ2v) is 5.23. The number of methoxy groups -OCH3 is 1. The maximum atomic E-state index is 5.49. The summed E-state index contributed by atoms with van der Waals surface area (Å²) in [6.07, 6.45) is 4.56. The third kappa shape index (κ3) is 2.15. The van der Waals surface area contributed by atoms with E-state index < -0.39 is 0 Å². The van der Waals surface area contributed by atoms with Crippen LogP contribution < -0.4 is 5.32 Å². The van der Waals surface area contributed by atoms with Crippen molar-refractivity contribution < 1.29 is 4.74 Å². The van der Waals surface area contributed by atoms with Crippen LogP contribution in [0.5, 0.6) is 0 Å². The van der Waals surface area contributed by atoms with Crippen LogP contribution in [-0.4, -0.2) is 23.6 Å². The molecule has 3 rings (SSSR count). The molecule has 0 saturated heterocycles. The van der Waals surface area contributed by atoms with E-state index in [9.17, 15) is 0 Å². The summed E-state index contributed by atoms with van der Waals surface area (Å²) < 4.78 is 5.49. The first kappa shape index (κ1) is 12.1. The molecule has 2 aliphatic rings. The Morgan fingerprint density at radius 1 is 1.39 bits per heavy atom. The Kier molecular flexibility index (Phi) is 3.31. The summed E-state index contributed by atoms with van der Waals surface area (Å²) in [5.41, 5.74) is 3.90. The lowest BCUT2D eigenvalue weighted by molar-refractivity contribution is 0.0920. The number of hydrogen-bond donors (Lipinski definition) is 1. The van der Waals surface area contributed by atoms with Gasteiger partial charge in [0, 0.05) is 38.1 Å². The minimum absolute atomic E-state index is 0.0442. The SMILES string of the molecule is CCC(OC)c1nc2c(c(C3CC3)n1)CNCC2. The first-order chi connectivity index (χ1) is 8.83. The first-order valence-electron chi connectivity index (χ1n) is 6.96. The van der Waals surface area contributed by atoms with Crippen LogP contribution in [0.25, 0.3) is 0 Å². The molecule has 1 aromatic heterocycles. The molecule has 0 radical (unpaired) electrons. The van der Waals surface area contributed by atoms with Crippen molar-refractivity contribution in [3.05, 3.63) is 22.8 Å². The van der Waals surface area contributed by atoms with Crippen molar-refractivity contribution in [2.45, 2.75) is 51.2 Å².